The lowest BCUT2D eigenvalue weighted by Crippen LogP contribution is -2.36. The van der Waals surface area contributed by atoms with Crippen molar-refractivity contribution in [3.63, 3.8) is 0 Å². The number of rotatable bonds is 5. The predicted molar refractivity (Wildman–Crippen MR) is 134 cm³/mol. The molecule has 4 rings (SSSR count). The zero-order chi connectivity index (χ0) is 25.9. The van der Waals surface area contributed by atoms with E-state index in [1.165, 1.54) is 30.3 Å². The number of nitrogens with one attached hydrogen (secondary N) is 1. The van der Waals surface area contributed by atoms with Crippen LogP contribution in [0.3, 0.4) is 0 Å². The molecule has 1 saturated heterocycles. The molecule has 186 valence electrons. The van der Waals surface area contributed by atoms with Gasteiger partial charge in [-0.1, -0.05) is 18.1 Å². The van der Waals surface area contributed by atoms with Crippen molar-refractivity contribution in [3.05, 3.63) is 76.9 Å². The van der Waals surface area contributed by atoms with Crippen molar-refractivity contribution >= 4 is 17.3 Å². The van der Waals surface area contributed by atoms with Crippen LogP contribution in [0.2, 0.25) is 0 Å². The number of carbonyl (C=O) groups excluding carboxylic acids is 1. The van der Waals surface area contributed by atoms with E-state index in [0.717, 1.165) is 24.2 Å². The molecule has 0 spiro atoms. The Morgan fingerprint density at radius 3 is 2.61 bits per heavy atom. The Balaban J connectivity index is 1.69. The highest BCUT2D eigenvalue weighted by atomic mass is 19.3. The number of carbonyl (C=O) groups is 1. The van der Waals surface area contributed by atoms with E-state index in [2.05, 4.69) is 27.0 Å². The quantitative estimate of drug-likeness (QED) is 0.459. The molecule has 0 saturated carbocycles. The minimum Gasteiger partial charge on any atom is -0.378 e. The molecular weight excluding hydrogens is 467 g/mol. The largest absolute Gasteiger partial charge is 0.378 e. The molecule has 0 atom stereocenters. The zero-order valence-electron chi connectivity index (χ0n) is 20.3. The van der Waals surface area contributed by atoms with Crippen LogP contribution in [0.15, 0.2) is 48.7 Å². The fraction of sp³-hybridized carbons (Fsp3) is 0.286. The van der Waals surface area contributed by atoms with E-state index in [-0.39, 0.29) is 16.8 Å². The SMILES string of the molecule is CC#Cc1ncc(-c2cc(NC(=O)c3cccc(C(C)(F)F)c3)c(F)cc2C)cc1N1CCOCC1. The van der Waals surface area contributed by atoms with Gasteiger partial charge in [-0.05, 0) is 61.2 Å². The number of aryl methyl sites for hydroxylation is 1. The summed E-state index contributed by atoms with van der Waals surface area (Å²) in [6.07, 6.45) is 1.67. The van der Waals surface area contributed by atoms with E-state index >= 15 is 0 Å². The standard InChI is InChI=1S/C28H26F3N3O2/c1-4-6-24-26(34-9-11-36-12-10-34)15-20(17-32-24)22-16-25(23(29)13-18(22)2)33-27(35)19-7-5-8-21(14-19)28(3,30)31/h5,7-8,13-17H,9-12H2,1-3H3,(H,33,35). The highest BCUT2D eigenvalue weighted by Gasteiger charge is 2.25. The molecule has 1 aliphatic rings. The van der Waals surface area contributed by atoms with Crippen molar-refractivity contribution in [1.29, 1.82) is 0 Å². The molecule has 1 fully saturated rings. The number of hydrogen-bond donors (Lipinski definition) is 1. The molecular formula is C28H26F3N3O2. The molecule has 3 aromatic rings. The van der Waals surface area contributed by atoms with Gasteiger partial charge in [0.05, 0.1) is 24.6 Å². The molecule has 0 unspecified atom stereocenters. The maximum absolute atomic E-state index is 14.8. The third-order valence-electron chi connectivity index (χ3n) is 5.97. The molecule has 0 bridgehead atoms. The average Bonchev–Trinajstić information content (AvgIpc) is 2.86. The molecule has 36 heavy (non-hydrogen) atoms. The number of benzene rings is 2. The van der Waals surface area contributed by atoms with Crippen LogP contribution in [0, 0.1) is 24.6 Å². The fourth-order valence-electron chi connectivity index (χ4n) is 4.07. The Labute approximate surface area is 208 Å². The van der Waals surface area contributed by atoms with Crippen LogP contribution < -0.4 is 10.2 Å². The van der Waals surface area contributed by atoms with Gasteiger partial charge >= 0.3 is 0 Å². The molecule has 5 nitrogen and oxygen atoms in total. The molecule has 2 heterocycles. The van der Waals surface area contributed by atoms with Crippen molar-refractivity contribution < 1.29 is 22.7 Å². The monoisotopic (exact) mass is 493 g/mol. The molecule has 2 aromatic carbocycles. The Hall–Kier alpha value is -3.83. The van der Waals surface area contributed by atoms with E-state index in [1.54, 1.807) is 20.0 Å². The van der Waals surface area contributed by atoms with E-state index in [1.807, 2.05) is 6.07 Å². The summed E-state index contributed by atoms with van der Waals surface area (Å²) >= 11 is 0. The predicted octanol–water partition coefficient (Wildman–Crippen LogP) is 5.77. The maximum Gasteiger partial charge on any atom is 0.270 e. The van der Waals surface area contributed by atoms with Gasteiger partial charge < -0.3 is 15.0 Å². The Morgan fingerprint density at radius 1 is 1.17 bits per heavy atom. The van der Waals surface area contributed by atoms with E-state index in [0.29, 0.717) is 43.1 Å². The summed E-state index contributed by atoms with van der Waals surface area (Å²) in [5.41, 5.74) is 3.23. The summed E-state index contributed by atoms with van der Waals surface area (Å²) in [6, 6.07) is 9.95. The lowest BCUT2D eigenvalue weighted by atomic mass is 9.99. The number of pyridine rings is 1. The first-order chi connectivity index (χ1) is 17.2. The average molecular weight is 494 g/mol. The Bertz CT molecular complexity index is 1350. The number of morpholine rings is 1. The highest BCUT2D eigenvalue weighted by molar-refractivity contribution is 6.04. The minimum atomic E-state index is -3.10. The summed E-state index contributed by atoms with van der Waals surface area (Å²) in [5.74, 6) is 1.51. The third-order valence-corrected chi connectivity index (χ3v) is 5.97. The lowest BCUT2D eigenvalue weighted by molar-refractivity contribution is 0.0174. The number of ether oxygens (including phenoxy) is 1. The van der Waals surface area contributed by atoms with E-state index < -0.39 is 17.6 Å². The Morgan fingerprint density at radius 2 is 1.92 bits per heavy atom. The van der Waals surface area contributed by atoms with Gasteiger partial charge in [-0.3, -0.25) is 4.79 Å². The number of aromatic nitrogens is 1. The van der Waals surface area contributed by atoms with E-state index in [4.69, 9.17) is 4.74 Å². The molecule has 1 N–H and O–H groups in total. The van der Waals surface area contributed by atoms with Crippen molar-refractivity contribution in [2.75, 3.05) is 36.5 Å². The second kappa shape index (κ2) is 10.4. The normalized spacial score (nSPS) is 13.7. The van der Waals surface area contributed by atoms with Crippen molar-refractivity contribution in [1.82, 2.24) is 4.98 Å². The molecule has 8 heteroatoms. The highest BCUT2D eigenvalue weighted by Crippen LogP contribution is 2.33. The first-order valence-electron chi connectivity index (χ1n) is 11.5. The van der Waals surface area contributed by atoms with Gasteiger partial charge in [-0.2, -0.15) is 0 Å². The van der Waals surface area contributed by atoms with Crippen molar-refractivity contribution in [3.8, 4) is 23.0 Å². The molecule has 0 radical (unpaired) electrons. The first kappa shape index (κ1) is 25.3. The van der Waals surface area contributed by atoms with Gasteiger partial charge in [0.25, 0.3) is 11.8 Å². The number of alkyl halides is 2. The lowest BCUT2D eigenvalue weighted by Gasteiger charge is -2.29. The van der Waals surface area contributed by atoms with Gasteiger partial charge in [0.1, 0.15) is 11.5 Å². The van der Waals surface area contributed by atoms with Gasteiger partial charge in [0, 0.05) is 42.9 Å². The van der Waals surface area contributed by atoms with Crippen LogP contribution in [-0.4, -0.2) is 37.2 Å². The van der Waals surface area contributed by atoms with Gasteiger partial charge in [0.15, 0.2) is 0 Å². The van der Waals surface area contributed by atoms with Crippen LogP contribution in [-0.2, 0) is 10.7 Å². The topological polar surface area (TPSA) is 54.5 Å². The summed E-state index contributed by atoms with van der Waals surface area (Å²) < 4.78 is 47.7. The fourth-order valence-corrected chi connectivity index (χ4v) is 4.07. The summed E-state index contributed by atoms with van der Waals surface area (Å²) in [7, 11) is 0. The van der Waals surface area contributed by atoms with Crippen LogP contribution in [0.25, 0.3) is 11.1 Å². The second-order valence-electron chi connectivity index (χ2n) is 8.64. The molecule has 1 aliphatic heterocycles. The molecule has 0 aliphatic carbocycles. The number of amides is 1. The third kappa shape index (κ3) is 5.52. The number of hydrogen-bond acceptors (Lipinski definition) is 4. The van der Waals surface area contributed by atoms with Crippen LogP contribution in [0.1, 0.15) is 41.0 Å². The van der Waals surface area contributed by atoms with Gasteiger partial charge in [-0.25, -0.2) is 18.2 Å². The summed E-state index contributed by atoms with van der Waals surface area (Å²) in [4.78, 5) is 19.5. The smallest absolute Gasteiger partial charge is 0.270 e. The van der Waals surface area contributed by atoms with E-state index in [9.17, 15) is 18.0 Å². The summed E-state index contributed by atoms with van der Waals surface area (Å²) in [6.45, 7) is 6.86. The minimum absolute atomic E-state index is 0.00862. The number of anilines is 2. The molecule has 1 aromatic heterocycles. The number of nitrogens with zero attached hydrogens (tertiary/aromatic N) is 2. The zero-order valence-corrected chi connectivity index (χ0v) is 20.3. The first-order valence-corrected chi connectivity index (χ1v) is 11.5. The van der Waals surface area contributed by atoms with Gasteiger partial charge in [-0.15, -0.1) is 0 Å². The second-order valence-corrected chi connectivity index (χ2v) is 8.64. The van der Waals surface area contributed by atoms with Crippen molar-refractivity contribution in [2.45, 2.75) is 26.7 Å². The van der Waals surface area contributed by atoms with Crippen LogP contribution in [0.4, 0.5) is 24.5 Å². The Kier molecular flexibility index (Phi) is 7.32. The molecule has 1 amide bonds. The van der Waals surface area contributed by atoms with Crippen LogP contribution >= 0.6 is 0 Å². The summed E-state index contributed by atoms with van der Waals surface area (Å²) in [5, 5.41) is 2.52. The van der Waals surface area contributed by atoms with Crippen LogP contribution in [0.5, 0.6) is 0 Å². The van der Waals surface area contributed by atoms with Crippen molar-refractivity contribution in [2.24, 2.45) is 0 Å². The number of halogens is 3. The maximum atomic E-state index is 14.8. The van der Waals surface area contributed by atoms with Gasteiger partial charge in [0.2, 0.25) is 0 Å².